The van der Waals surface area contributed by atoms with Gasteiger partial charge < -0.3 is 0 Å². The second-order valence-corrected chi connectivity index (χ2v) is 9.92. The number of hydrogen-bond donors (Lipinski definition) is 0. The molecule has 0 radical (unpaired) electrons. The van der Waals surface area contributed by atoms with Crippen molar-refractivity contribution in [2.45, 2.75) is 79.1 Å². The zero-order valence-electron chi connectivity index (χ0n) is 15.5. The van der Waals surface area contributed by atoms with Gasteiger partial charge in [0.15, 0.2) is 0 Å². The molecule has 1 heteroatoms. The van der Waals surface area contributed by atoms with Gasteiger partial charge in [-0.2, -0.15) is 0 Å². The lowest BCUT2D eigenvalue weighted by atomic mass is 9.47. The Labute approximate surface area is 142 Å². The van der Waals surface area contributed by atoms with Crippen LogP contribution in [0.1, 0.15) is 79.1 Å². The summed E-state index contributed by atoms with van der Waals surface area (Å²) in [7, 11) is 0. The van der Waals surface area contributed by atoms with Crippen LogP contribution in [0.15, 0.2) is 11.6 Å². The number of Topliss-reactive ketones (excluding diaryl/α,β-unsaturated/α-hetero) is 1. The number of carbonyl (C=O) groups is 1. The standard InChI is InChI=1S/C22H34O/c1-14(2)15-9-11-21(3)16(13-15)5-6-17-18-7-8-20(23)22(18,4)12-10-19(17)21/h5,14-15,17-19H,6-13H2,1-4H3/t15-,17-,18-,19-,21-,22-/m0/s1. The first-order chi connectivity index (χ1) is 10.9. The first kappa shape index (κ1) is 15.9. The fraction of sp³-hybridized carbons (Fsp3) is 0.864. The van der Waals surface area contributed by atoms with E-state index in [-0.39, 0.29) is 5.41 Å². The number of ketones is 1. The van der Waals surface area contributed by atoms with Crippen LogP contribution >= 0.6 is 0 Å². The van der Waals surface area contributed by atoms with Gasteiger partial charge in [0.2, 0.25) is 0 Å². The van der Waals surface area contributed by atoms with Crippen molar-refractivity contribution in [3.05, 3.63) is 11.6 Å². The van der Waals surface area contributed by atoms with E-state index >= 15 is 0 Å². The molecule has 4 aliphatic rings. The van der Waals surface area contributed by atoms with Gasteiger partial charge in [0.05, 0.1) is 0 Å². The zero-order chi connectivity index (χ0) is 16.4. The van der Waals surface area contributed by atoms with Gasteiger partial charge in [-0.15, -0.1) is 0 Å². The van der Waals surface area contributed by atoms with Crippen LogP contribution in [-0.2, 0) is 4.79 Å². The Morgan fingerprint density at radius 2 is 1.74 bits per heavy atom. The van der Waals surface area contributed by atoms with Crippen molar-refractivity contribution in [2.24, 2.45) is 40.4 Å². The lowest BCUT2D eigenvalue weighted by Gasteiger charge is -2.57. The zero-order valence-corrected chi connectivity index (χ0v) is 15.5. The normalized spacial score (nSPS) is 49.4. The maximum atomic E-state index is 12.5. The van der Waals surface area contributed by atoms with Crippen LogP contribution < -0.4 is 0 Å². The maximum absolute atomic E-state index is 12.5. The topological polar surface area (TPSA) is 17.1 Å². The van der Waals surface area contributed by atoms with Crippen molar-refractivity contribution in [3.63, 3.8) is 0 Å². The van der Waals surface area contributed by atoms with Crippen molar-refractivity contribution in [2.75, 3.05) is 0 Å². The highest BCUT2D eigenvalue weighted by Crippen LogP contribution is 2.64. The number of allylic oxidation sites excluding steroid dienone is 2. The summed E-state index contributed by atoms with van der Waals surface area (Å²) in [6, 6.07) is 0. The second kappa shape index (κ2) is 5.20. The highest BCUT2D eigenvalue weighted by molar-refractivity contribution is 5.87. The van der Waals surface area contributed by atoms with Gasteiger partial charge in [0, 0.05) is 11.8 Å². The van der Waals surface area contributed by atoms with Gasteiger partial charge in [0.1, 0.15) is 5.78 Å². The van der Waals surface area contributed by atoms with Crippen LogP contribution in [0.25, 0.3) is 0 Å². The van der Waals surface area contributed by atoms with Crippen molar-refractivity contribution in [1.82, 2.24) is 0 Å². The third kappa shape index (κ3) is 2.14. The third-order valence-corrected chi connectivity index (χ3v) is 8.79. The molecule has 4 rings (SSSR count). The summed E-state index contributed by atoms with van der Waals surface area (Å²) in [5, 5.41) is 0. The number of hydrogen-bond acceptors (Lipinski definition) is 1. The molecule has 0 bridgehead atoms. The summed E-state index contributed by atoms with van der Waals surface area (Å²) in [6.45, 7) is 9.66. The Hall–Kier alpha value is -0.590. The van der Waals surface area contributed by atoms with Crippen molar-refractivity contribution in [3.8, 4) is 0 Å². The molecule has 0 saturated heterocycles. The summed E-state index contributed by atoms with van der Waals surface area (Å²) in [4.78, 5) is 12.5. The molecule has 0 spiro atoms. The first-order valence-electron chi connectivity index (χ1n) is 10.1. The van der Waals surface area contributed by atoms with Crippen LogP contribution in [-0.4, -0.2) is 5.78 Å². The molecule has 0 N–H and O–H groups in total. The molecule has 0 heterocycles. The fourth-order valence-corrected chi connectivity index (χ4v) is 7.03. The second-order valence-electron chi connectivity index (χ2n) is 9.92. The molecule has 0 unspecified atom stereocenters. The number of carbonyl (C=O) groups excluding carboxylic acids is 1. The molecular formula is C22H34O. The highest BCUT2D eigenvalue weighted by Gasteiger charge is 2.58. The van der Waals surface area contributed by atoms with Gasteiger partial charge >= 0.3 is 0 Å². The van der Waals surface area contributed by atoms with E-state index in [1.54, 1.807) is 5.57 Å². The van der Waals surface area contributed by atoms with Gasteiger partial charge in [-0.1, -0.05) is 39.3 Å². The van der Waals surface area contributed by atoms with E-state index in [0.29, 0.717) is 17.1 Å². The molecular weight excluding hydrogens is 280 g/mol. The van der Waals surface area contributed by atoms with E-state index in [2.05, 4.69) is 33.8 Å². The van der Waals surface area contributed by atoms with E-state index in [0.717, 1.165) is 36.5 Å². The summed E-state index contributed by atoms with van der Waals surface area (Å²) in [5.41, 5.74) is 2.26. The quantitative estimate of drug-likeness (QED) is 0.560. The molecule has 128 valence electrons. The van der Waals surface area contributed by atoms with Crippen LogP contribution in [0.5, 0.6) is 0 Å². The Kier molecular flexibility index (Phi) is 3.60. The molecule has 1 nitrogen and oxygen atoms in total. The predicted molar refractivity (Wildman–Crippen MR) is 95.0 cm³/mol. The Morgan fingerprint density at radius 3 is 2.48 bits per heavy atom. The SMILES string of the molecule is CC(C)[C@H]1CC[C@@]2(C)C(=CC[C@@H]3[C@@H]2CC[C@]2(C)C(=O)CC[C@@H]32)C1. The molecule has 3 fully saturated rings. The summed E-state index contributed by atoms with van der Waals surface area (Å²) in [5.74, 6) is 4.59. The average molecular weight is 315 g/mol. The van der Waals surface area contributed by atoms with Crippen molar-refractivity contribution in [1.29, 1.82) is 0 Å². The Balaban J connectivity index is 1.64. The largest absolute Gasteiger partial charge is 0.299 e. The molecule has 23 heavy (non-hydrogen) atoms. The number of rotatable bonds is 1. The van der Waals surface area contributed by atoms with Crippen molar-refractivity contribution < 1.29 is 4.79 Å². The summed E-state index contributed by atoms with van der Waals surface area (Å²) >= 11 is 0. The molecule has 0 aromatic carbocycles. The number of fused-ring (bicyclic) bond motifs is 5. The molecule has 0 amide bonds. The van der Waals surface area contributed by atoms with Gasteiger partial charge in [0.25, 0.3) is 0 Å². The highest BCUT2D eigenvalue weighted by atomic mass is 16.1. The van der Waals surface area contributed by atoms with E-state index < -0.39 is 0 Å². The van der Waals surface area contributed by atoms with Crippen LogP contribution in [0.4, 0.5) is 0 Å². The van der Waals surface area contributed by atoms with E-state index in [1.165, 1.54) is 38.5 Å². The first-order valence-corrected chi connectivity index (χ1v) is 10.1. The molecule has 0 aliphatic heterocycles. The molecule has 0 aromatic heterocycles. The van der Waals surface area contributed by atoms with E-state index in [1.807, 2.05) is 0 Å². The monoisotopic (exact) mass is 314 g/mol. The molecule has 3 saturated carbocycles. The summed E-state index contributed by atoms with van der Waals surface area (Å²) in [6.07, 6.45) is 12.5. The molecule has 0 aromatic rings. The molecule has 4 aliphatic carbocycles. The van der Waals surface area contributed by atoms with Crippen LogP contribution in [0, 0.1) is 40.4 Å². The van der Waals surface area contributed by atoms with Crippen LogP contribution in [0.3, 0.4) is 0 Å². The average Bonchev–Trinajstić information content (AvgIpc) is 2.82. The third-order valence-electron chi connectivity index (χ3n) is 8.79. The van der Waals surface area contributed by atoms with Crippen LogP contribution in [0.2, 0.25) is 0 Å². The fourth-order valence-electron chi connectivity index (χ4n) is 7.03. The minimum Gasteiger partial charge on any atom is -0.299 e. The molecule has 6 atom stereocenters. The van der Waals surface area contributed by atoms with Gasteiger partial charge in [-0.25, -0.2) is 0 Å². The smallest absolute Gasteiger partial charge is 0.139 e. The maximum Gasteiger partial charge on any atom is 0.139 e. The predicted octanol–water partition coefficient (Wildman–Crippen LogP) is 5.79. The van der Waals surface area contributed by atoms with Gasteiger partial charge in [-0.3, -0.25) is 4.79 Å². The van der Waals surface area contributed by atoms with E-state index in [4.69, 9.17) is 0 Å². The summed E-state index contributed by atoms with van der Waals surface area (Å²) < 4.78 is 0. The Morgan fingerprint density at radius 1 is 1.04 bits per heavy atom. The van der Waals surface area contributed by atoms with E-state index in [9.17, 15) is 4.79 Å². The minimum atomic E-state index is 0.0258. The Bertz CT molecular complexity index is 544. The van der Waals surface area contributed by atoms with Gasteiger partial charge in [-0.05, 0) is 80.0 Å². The lowest BCUT2D eigenvalue weighted by molar-refractivity contribution is -0.131. The lowest BCUT2D eigenvalue weighted by Crippen LogP contribution is -2.50. The van der Waals surface area contributed by atoms with Crippen molar-refractivity contribution >= 4 is 5.78 Å². The minimum absolute atomic E-state index is 0.0258.